The second-order valence-electron chi connectivity index (χ2n) is 3.54. The molecule has 0 atom stereocenters. The largest absolute Gasteiger partial charge is 0.456 e. The molecule has 0 bridgehead atoms. The van der Waals surface area contributed by atoms with E-state index in [0.717, 1.165) is 5.01 Å². The molecule has 2 N–H and O–H groups in total. The molecule has 0 aliphatic carbocycles. The lowest BCUT2D eigenvalue weighted by Crippen LogP contribution is -2.36. The molecule has 0 aliphatic heterocycles. The first kappa shape index (κ1) is 16.0. The first-order valence-corrected chi connectivity index (χ1v) is 5.26. The van der Waals surface area contributed by atoms with Gasteiger partial charge in [-0.1, -0.05) is 6.58 Å². The topological polar surface area (TPSA) is 102 Å². The van der Waals surface area contributed by atoms with Gasteiger partial charge < -0.3 is 4.74 Å². The van der Waals surface area contributed by atoms with Crippen LogP contribution in [-0.4, -0.2) is 41.7 Å². The number of rotatable bonds is 5. The van der Waals surface area contributed by atoms with Gasteiger partial charge in [-0.15, -0.1) is 0 Å². The fraction of sp³-hybridized carbons (Fsp3) is 0.455. The molecule has 0 fully saturated rings. The lowest BCUT2D eigenvalue weighted by molar-refractivity contribution is -0.137. The smallest absolute Gasteiger partial charge is 0.358 e. The molecule has 0 saturated carbocycles. The Kier molecular flexibility index (Phi) is 6.51. The molecule has 2 amide bonds. The van der Waals surface area contributed by atoms with Gasteiger partial charge in [-0.3, -0.25) is 9.80 Å². The number of hydrogen-bond donors (Lipinski definition) is 1. The first-order chi connectivity index (χ1) is 8.29. The second kappa shape index (κ2) is 7.33. The summed E-state index contributed by atoms with van der Waals surface area (Å²) < 4.78 is 4.74. The predicted molar refractivity (Wildman–Crippen MR) is 65.9 cm³/mol. The van der Waals surface area contributed by atoms with Crippen molar-refractivity contribution in [3.05, 3.63) is 12.2 Å². The van der Waals surface area contributed by atoms with Crippen LogP contribution in [0.25, 0.3) is 0 Å². The summed E-state index contributed by atoms with van der Waals surface area (Å²) in [7, 11) is 0. The number of Topliss-reactive ketones (excluding diaryl/α,β-unsaturated/α-hetero) is 1. The van der Waals surface area contributed by atoms with Crippen molar-refractivity contribution in [2.24, 2.45) is 10.8 Å². The summed E-state index contributed by atoms with van der Waals surface area (Å²) in [5, 5.41) is 0.837. The standard InChI is InChI=1S/C11H17N3O4/c1-5-14(12)11(17)13-9(8(4)15)6-18-10(16)7(2)3/h2,5-6,12H2,1,3-4H3. The summed E-state index contributed by atoms with van der Waals surface area (Å²) in [6, 6.07) is -0.769. The number of amides is 2. The van der Waals surface area contributed by atoms with E-state index in [2.05, 4.69) is 11.6 Å². The zero-order valence-electron chi connectivity index (χ0n) is 10.7. The number of hydrazine groups is 1. The van der Waals surface area contributed by atoms with E-state index in [1.807, 2.05) is 0 Å². The molecule has 0 aromatic carbocycles. The van der Waals surface area contributed by atoms with E-state index in [1.165, 1.54) is 13.8 Å². The van der Waals surface area contributed by atoms with E-state index in [0.29, 0.717) is 0 Å². The number of urea groups is 1. The van der Waals surface area contributed by atoms with Gasteiger partial charge in [-0.2, -0.15) is 4.99 Å². The van der Waals surface area contributed by atoms with Gasteiger partial charge in [-0.05, 0) is 13.8 Å². The van der Waals surface area contributed by atoms with Crippen molar-refractivity contribution in [3.63, 3.8) is 0 Å². The van der Waals surface area contributed by atoms with Crippen molar-refractivity contribution in [1.82, 2.24) is 5.01 Å². The number of aliphatic imine (C=N–C) groups is 1. The maximum atomic E-state index is 11.4. The highest BCUT2D eigenvalue weighted by Gasteiger charge is 2.14. The maximum absolute atomic E-state index is 11.4. The van der Waals surface area contributed by atoms with Gasteiger partial charge in [0.1, 0.15) is 12.3 Å². The third kappa shape index (κ3) is 5.35. The number of esters is 1. The number of hydrogen-bond acceptors (Lipinski definition) is 5. The van der Waals surface area contributed by atoms with Gasteiger partial charge in [-0.25, -0.2) is 15.4 Å². The minimum atomic E-state index is -0.769. The molecular weight excluding hydrogens is 238 g/mol. The van der Waals surface area contributed by atoms with E-state index in [1.54, 1.807) is 6.92 Å². The number of ketones is 1. The third-order valence-corrected chi connectivity index (χ3v) is 1.91. The van der Waals surface area contributed by atoms with Crippen LogP contribution in [-0.2, 0) is 14.3 Å². The first-order valence-electron chi connectivity index (χ1n) is 5.26. The van der Waals surface area contributed by atoms with E-state index < -0.39 is 17.8 Å². The minimum absolute atomic E-state index is 0.168. The number of nitrogens with zero attached hydrogens (tertiary/aromatic N) is 2. The fourth-order valence-corrected chi connectivity index (χ4v) is 0.785. The normalized spacial score (nSPS) is 10.8. The lowest BCUT2D eigenvalue weighted by atomic mass is 10.3. The van der Waals surface area contributed by atoms with E-state index in [4.69, 9.17) is 10.6 Å². The molecule has 0 radical (unpaired) electrons. The van der Waals surface area contributed by atoms with Gasteiger partial charge in [0.25, 0.3) is 0 Å². The summed E-state index contributed by atoms with van der Waals surface area (Å²) in [4.78, 5) is 37.2. The molecule has 0 unspecified atom stereocenters. The van der Waals surface area contributed by atoms with E-state index in [-0.39, 0.29) is 24.4 Å². The fourth-order valence-electron chi connectivity index (χ4n) is 0.785. The summed E-state index contributed by atoms with van der Waals surface area (Å²) in [5.74, 6) is 4.19. The van der Waals surface area contributed by atoms with Crippen LogP contribution < -0.4 is 5.84 Å². The van der Waals surface area contributed by atoms with Gasteiger partial charge in [0.2, 0.25) is 0 Å². The van der Waals surface area contributed by atoms with Crippen molar-refractivity contribution in [1.29, 1.82) is 0 Å². The molecule has 0 aliphatic rings. The highest BCUT2D eigenvalue weighted by atomic mass is 16.5. The molecule has 0 aromatic rings. The van der Waals surface area contributed by atoms with Crippen LogP contribution in [0.15, 0.2) is 17.1 Å². The van der Waals surface area contributed by atoms with Crippen LogP contribution in [0.5, 0.6) is 0 Å². The Balaban J connectivity index is 4.73. The SMILES string of the molecule is C=C(C)C(=O)OCC(=NC(=O)N(N)CC)C(C)=O. The predicted octanol–water partition coefficient (Wildman–Crippen LogP) is 0.451. The lowest BCUT2D eigenvalue weighted by Gasteiger charge is -2.11. The van der Waals surface area contributed by atoms with Crippen molar-refractivity contribution in [2.75, 3.05) is 13.2 Å². The Morgan fingerprint density at radius 2 is 1.89 bits per heavy atom. The minimum Gasteiger partial charge on any atom is -0.456 e. The van der Waals surface area contributed by atoms with E-state index in [9.17, 15) is 14.4 Å². The monoisotopic (exact) mass is 255 g/mol. The van der Waals surface area contributed by atoms with Crippen molar-refractivity contribution < 1.29 is 19.1 Å². The van der Waals surface area contributed by atoms with Crippen LogP contribution in [0.4, 0.5) is 4.79 Å². The molecule has 0 saturated heterocycles. The molecule has 7 nitrogen and oxygen atoms in total. The summed E-state index contributed by atoms with van der Waals surface area (Å²) >= 11 is 0. The number of carbonyl (C=O) groups excluding carboxylic acids is 3. The molecule has 0 aromatic heterocycles. The quantitative estimate of drug-likeness (QED) is 0.192. The Hall–Kier alpha value is -2.02. The summed E-state index contributed by atoms with van der Waals surface area (Å²) in [6.07, 6.45) is 0. The third-order valence-electron chi connectivity index (χ3n) is 1.91. The van der Waals surface area contributed by atoms with Crippen molar-refractivity contribution >= 4 is 23.5 Å². The molecule has 0 rings (SSSR count). The Bertz CT molecular complexity index is 401. The molecule has 7 heteroatoms. The Morgan fingerprint density at radius 3 is 2.28 bits per heavy atom. The Labute approximate surface area is 105 Å². The zero-order chi connectivity index (χ0) is 14.3. The molecule has 18 heavy (non-hydrogen) atoms. The molecular formula is C11H17N3O4. The second-order valence-corrected chi connectivity index (χ2v) is 3.54. The average Bonchev–Trinajstić information content (AvgIpc) is 2.31. The van der Waals surface area contributed by atoms with Crippen molar-refractivity contribution in [3.8, 4) is 0 Å². The van der Waals surface area contributed by atoms with E-state index >= 15 is 0 Å². The van der Waals surface area contributed by atoms with Crippen LogP contribution in [0, 0.1) is 0 Å². The number of ether oxygens (including phenoxy) is 1. The maximum Gasteiger partial charge on any atom is 0.358 e. The number of carbonyl (C=O) groups is 3. The van der Waals surface area contributed by atoms with Crippen LogP contribution in [0.2, 0.25) is 0 Å². The zero-order valence-corrected chi connectivity index (χ0v) is 10.7. The van der Waals surface area contributed by atoms with Crippen LogP contribution in [0.3, 0.4) is 0 Å². The molecule has 0 heterocycles. The highest BCUT2D eigenvalue weighted by molar-refractivity contribution is 6.41. The van der Waals surface area contributed by atoms with Gasteiger partial charge in [0, 0.05) is 19.0 Å². The highest BCUT2D eigenvalue weighted by Crippen LogP contribution is 1.95. The van der Waals surface area contributed by atoms with Gasteiger partial charge in [0.15, 0.2) is 5.78 Å². The molecule has 100 valence electrons. The molecule has 0 spiro atoms. The van der Waals surface area contributed by atoms with Crippen molar-refractivity contribution in [2.45, 2.75) is 20.8 Å². The summed E-state index contributed by atoms with van der Waals surface area (Å²) in [6.45, 7) is 7.59. The average molecular weight is 255 g/mol. The van der Waals surface area contributed by atoms with Crippen LogP contribution >= 0.6 is 0 Å². The Morgan fingerprint density at radius 1 is 1.33 bits per heavy atom. The van der Waals surface area contributed by atoms with Gasteiger partial charge >= 0.3 is 12.0 Å². The van der Waals surface area contributed by atoms with Gasteiger partial charge in [0.05, 0.1) is 0 Å². The van der Waals surface area contributed by atoms with Crippen LogP contribution in [0.1, 0.15) is 20.8 Å². The number of nitrogens with two attached hydrogens (primary N) is 1. The summed E-state index contributed by atoms with van der Waals surface area (Å²) in [5.41, 5.74) is 0.0248.